The van der Waals surface area contributed by atoms with Gasteiger partial charge in [-0.25, -0.2) is 9.97 Å². The van der Waals surface area contributed by atoms with E-state index >= 15 is 0 Å². The molecule has 19 heavy (non-hydrogen) atoms. The highest BCUT2D eigenvalue weighted by Gasteiger charge is 2.16. The van der Waals surface area contributed by atoms with Gasteiger partial charge in [-0.15, -0.1) is 0 Å². The molecule has 3 rings (SSSR count). The van der Waals surface area contributed by atoms with Crippen molar-refractivity contribution in [1.82, 2.24) is 9.97 Å². The molecule has 1 aliphatic rings. The van der Waals surface area contributed by atoms with E-state index in [-0.39, 0.29) is 0 Å². The zero-order chi connectivity index (χ0) is 13.1. The molecule has 0 aliphatic heterocycles. The van der Waals surface area contributed by atoms with E-state index in [1.54, 1.807) is 6.33 Å². The summed E-state index contributed by atoms with van der Waals surface area (Å²) in [6, 6.07) is 9.77. The fourth-order valence-electron chi connectivity index (χ4n) is 2.45. The molecule has 0 saturated heterocycles. The number of nitrogens with one attached hydrogen (secondary N) is 1. The van der Waals surface area contributed by atoms with Crippen LogP contribution in [0.2, 0.25) is 0 Å². The first kappa shape index (κ1) is 11.7. The molecule has 4 heteroatoms. The summed E-state index contributed by atoms with van der Waals surface area (Å²) < 4.78 is 0. The number of nitrogens with zero attached hydrogens (tertiary/aromatic N) is 3. The number of fused-ring (bicyclic) bond motifs is 1. The van der Waals surface area contributed by atoms with Crippen molar-refractivity contribution in [3.63, 3.8) is 0 Å². The Bertz CT molecular complexity index is 643. The van der Waals surface area contributed by atoms with Gasteiger partial charge < -0.3 is 5.32 Å². The van der Waals surface area contributed by atoms with E-state index in [4.69, 9.17) is 5.26 Å². The Morgan fingerprint density at radius 2 is 2.21 bits per heavy atom. The highest BCUT2D eigenvalue weighted by atomic mass is 15.0. The Morgan fingerprint density at radius 3 is 3.11 bits per heavy atom. The summed E-state index contributed by atoms with van der Waals surface area (Å²) in [7, 11) is 0. The van der Waals surface area contributed by atoms with Crippen LogP contribution in [0.1, 0.15) is 28.8 Å². The molecule has 0 fully saturated rings. The molecule has 94 valence electrons. The topological polar surface area (TPSA) is 61.6 Å². The van der Waals surface area contributed by atoms with Crippen molar-refractivity contribution in [2.45, 2.75) is 25.8 Å². The fourth-order valence-corrected chi connectivity index (χ4v) is 2.45. The lowest BCUT2D eigenvalue weighted by atomic mass is 10.1. The van der Waals surface area contributed by atoms with Gasteiger partial charge in [-0.3, -0.25) is 0 Å². The molecular formula is C15H14N4. The van der Waals surface area contributed by atoms with Gasteiger partial charge in [0.05, 0.1) is 11.6 Å². The van der Waals surface area contributed by atoms with Crippen molar-refractivity contribution < 1.29 is 0 Å². The minimum absolute atomic E-state index is 0.680. The first-order chi connectivity index (χ1) is 9.36. The monoisotopic (exact) mass is 250 g/mol. The van der Waals surface area contributed by atoms with Gasteiger partial charge >= 0.3 is 0 Å². The largest absolute Gasteiger partial charge is 0.366 e. The molecule has 0 bridgehead atoms. The van der Waals surface area contributed by atoms with Gasteiger partial charge in [0.2, 0.25) is 0 Å². The van der Waals surface area contributed by atoms with Crippen LogP contribution in [0.25, 0.3) is 0 Å². The maximum atomic E-state index is 8.88. The Kier molecular flexibility index (Phi) is 3.11. The lowest BCUT2D eigenvalue weighted by Crippen LogP contribution is -2.05. The van der Waals surface area contributed by atoms with E-state index in [1.165, 1.54) is 11.3 Å². The molecule has 1 aromatic heterocycles. The Hall–Kier alpha value is -2.41. The molecule has 1 aliphatic carbocycles. The average molecular weight is 250 g/mol. The molecule has 1 heterocycles. The molecule has 0 saturated carbocycles. The van der Waals surface area contributed by atoms with Gasteiger partial charge in [0.15, 0.2) is 0 Å². The van der Waals surface area contributed by atoms with Crippen molar-refractivity contribution in [2.24, 2.45) is 0 Å². The third-order valence-corrected chi connectivity index (χ3v) is 3.39. The second-order valence-electron chi connectivity index (χ2n) is 4.67. The van der Waals surface area contributed by atoms with E-state index in [0.29, 0.717) is 12.1 Å². The van der Waals surface area contributed by atoms with Gasteiger partial charge in [0.25, 0.3) is 0 Å². The van der Waals surface area contributed by atoms with Gasteiger partial charge in [-0.2, -0.15) is 5.26 Å². The van der Waals surface area contributed by atoms with Crippen LogP contribution >= 0.6 is 0 Å². The van der Waals surface area contributed by atoms with Gasteiger partial charge in [-0.1, -0.05) is 12.1 Å². The Morgan fingerprint density at radius 1 is 1.26 bits per heavy atom. The van der Waals surface area contributed by atoms with Crippen LogP contribution in [0.3, 0.4) is 0 Å². The van der Waals surface area contributed by atoms with Crippen LogP contribution in [-0.2, 0) is 19.4 Å². The molecule has 0 atom stereocenters. The first-order valence-corrected chi connectivity index (χ1v) is 6.42. The number of anilines is 1. The van der Waals surface area contributed by atoms with Crippen molar-refractivity contribution in [3.05, 3.63) is 53.0 Å². The van der Waals surface area contributed by atoms with Crippen LogP contribution in [0.15, 0.2) is 30.6 Å². The molecule has 1 aromatic carbocycles. The van der Waals surface area contributed by atoms with E-state index in [2.05, 4.69) is 21.4 Å². The summed E-state index contributed by atoms with van der Waals surface area (Å²) in [5, 5.41) is 12.2. The Balaban J connectivity index is 1.76. The summed E-state index contributed by atoms with van der Waals surface area (Å²) in [5.41, 5.74) is 4.19. The van der Waals surface area contributed by atoms with Crippen molar-refractivity contribution in [1.29, 1.82) is 5.26 Å². The summed E-state index contributed by atoms with van der Waals surface area (Å²) in [6.45, 7) is 0.680. The lowest BCUT2D eigenvalue weighted by Gasteiger charge is -2.09. The van der Waals surface area contributed by atoms with Crippen LogP contribution in [0.4, 0.5) is 5.82 Å². The lowest BCUT2D eigenvalue weighted by molar-refractivity contribution is 0.899. The zero-order valence-electron chi connectivity index (χ0n) is 10.6. The molecule has 0 spiro atoms. The quantitative estimate of drug-likeness (QED) is 0.908. The van der Waals surface area contributed by atoms with E-state index < -0.39 is 0 Å². The second-order valence-corrected chi connectivity index (χ2v) is 4.67. The summed E-state index contributed by atoms with van der Waals surface area (Å²) in [4.78, 5) is 8.63. The molecule has 0 amide bonds. The third-order valence-electron chi connectivity index (χ3n) is 3.39. The summed E-state index contributed by atoms with van der Waals surface area (Å²) in [5.74, 6) is 0.935. The summed E-state index contributed by atoms with van der Waals surface area (Å²) in [6.07, 6.45) is 4.89. The molecule has 4 nitrogen and oxygen atoms in total. The van der Waals surface area contributed by atoms with Crippen LogP contribution < -0.4 is 5.32 Å². The number of aryl methyl sites for hydroxylation is 1. The first-order valence-electron chi connectivity index (χ1n) is 6.42. The average Bonchev–Trinajstić information content (AvgIpc) is 2.94. The van der Waals surface area contributed by atoms with Crippen molar-refractivity contribution >= 4 is 5.82 Å². The molecule has 2 aromatic rings. The number of rotatable bonds is 3. The normalized spacial score (nSPS) is 12.8. The van der Waals surface area contributed by atoms with Crippen LogP contribution in [0.5, 0.6) is 0 Å². The minimum Gasteiger partial charge on any atom is -0.366 e. The number of benzene rings is 1. The number of aromatic nitrogens is 2. The van der Waals surface area contributed by atoms with E-state index in [9.17, 15) is 0 Å². The molecule has 0 unspecified atom stereocenters. The zero-order valence-corrected chi connectivity index (χ0v) is 10.6. The summed E-state index contributed by atoms with van der Waals surface area (Å²) >= 11 is 0. The highest BCUT2D eigenvalue weighted by molar-refractivity contribution is 5.48. The SMILES string of the molecule is N#Cc1cccc(CNc2ncnc3c2CCC3)c1. The van der Waals surface area contributed by atoms with Gasteiger partial charge in [-0.05, 0) is 37.0 Å². The third kappa shape index (κ3) is 2.41. The number of nitriles is 1. The molecule has 1 N–H and O–H groups in total. The van der Waals surface area contributed by atoms with Gasteiger partial charge in [0.1, 0.15) is 12.1 Å². The Labute approximate surface area is 112 Å². The molecule has 0 radical (unpaired) electrons. The number of hydrogen-bond acceptors (Lipinski definition) is 4. The van der Waals surface area contributed by atoms with Crippen molar-refractivity contribution in [3.8, 4) is 6.07 Å². The fraction of sp³-hybridized carbons (Fsp3) is 0.267. The molecular weight excluding hydrogens is 236 g/mol. The van der Waals surface area contributed by atoms with Crippen molar-refractivity contribution in [2.75, 3.05) is 5.32 Å². The number of hydrogen-bond donors (Lipinski definition) is 1. The predicted octanol–water partition coefficient (Wildman–Crippen LogP) is 2.45. The van der Waals surface area contributed by atoms with Gasteiger partial charge in [0, 0.05) is 17.8 Å². The van der Waals surface area contributed by atoms with E-state index in [0.717, 1.165) is 30.6 Å². The maximum Gasteiger partial charge on any atom is 0.133 e. The maximum absolute atomic E-state index is 8.88. The van der Waals surface area contributed by atoms with Crippen LogP contribution in [-0.4, -0.2) is 9.97 Å². The predicted molar refractivity (Wildman–Crippen MR) is 72.5 cm³/mol. The van der Waals surface area contributed by atoms with E-state index in [1.807, 2.05) is 24.3 Å². The highest BCUT2D eigenvalue weighted by Crippen LogP contribution is 2.25. The smallest absolute Gasteiger partial charge is 0.133 e. The standard InChI is InChI=1S/C15H14N4/c16-8-11-3-1-4-12(7-11)9-17-15-13-5-2-6-14(13)18-10-19-15/h1,3-4,7,10H,2,5-6,9H2,(H,17,18,19). The van der Waals surface area contributed by atoms with Crippen LogP contribution in [0, 0.1) is 11.3 Å². The second kappa shape index (κ2) is 5.07. The minimum atomic E-state index is 0.680.